The minimum atomic E-state index is -0.0310. The molecule has 0 bridgehead atoms. The van der Waals surface area contributed by atoms with Gasteiger partial charge in [-0.2, -0.15) is 0 Å². The molecule has 0 saturated carbocycles. The molecule has 4 heteroatoms. The van der Waals surface area contributed by atoms with Crippen molar-refractivity contribution in [2.45, 2.75) is 58.5 Å². The van der Waals surface area contributed by atoms with Crippen LogP contribution in [0.5, 0.6) is 0 Å². The highest BCUT2D eigenvalue weighted by Crippen LogP contribution is 2.16. The number of hydrogen-bond donors (Lipinski definition) is 1. The summed E-state index contributed by atoms with van der Waals surface area (Å²) < 4.78 is 0. The first kappa shape index (κ1) is 15.4. The van der Waals surface area contributed by atoms with Gasteiger partial charge in [-0.3, -0.25) is 9.69 Å². The molecule has 1 atom stereocenters. The maximum absolute atomic E-state index is 12.4. The minimum Gasteiger partial charge on any atom is -0.341 e. The Labute approximate surface area is 111 Å². The SMILES string of the molecule is CCC(CC)N(CCN)C(C)C(=O)N1CCCC1. The Hall–Kier alpha value is -0.610. The van der Waals surface area contributed by atoms with E-state index in [-0.39, 0.29) is 11.9 Å². The van der Waals surface area contributed by atoms with Gasteiger partial charge in [-0.1, -0.05) is 13.8 Å². The number of nitrogens with two attached hydrogens (primary N) is 1. The average molecular weight is 255 g/mol. The maximum Gasteiger partial charge on any atom is 0.239 e. The Kier molecular flexibility index (Phi) is 6.65. The Morgan fingerprint density at radius 2 is 1.83 bits per heavy atom. The Morgan fingerprint density at radius 1 is 1.28 bits per heavy atom. The van der Waals surface area contributed by atoms with Gasteiger partial charge < -0.3 is 10.6 Å². The summed E-state index contributed by atoms with van der Waals surface area (Å²) in [6.07, 6.45) is 4.46. The van der Waals surface area contributed by atoms with Crippen molar-refractivity contribution in [1.29, 1.82) is 0 Å². The van der Waals surface area contributed by atoms with Crippen molar-refractivity contribution in [3.05, 3.63) is 0 Å². The van der Waals surface area contributed by atoms with Gasteiger partial charge in [-0.25, -0.2) is 0 Å². The second kappa shape index (κ2) is 7.74. The highest BCUT2D eigenvalue weighted by molar-refractivity contribution is 5.81. The Morgan fingerprint density at radius 3 is 2.28 bits per heavy atom. The van der Waals surface area contributed by atoms with Gasteiger partial charge >= 0.3 is 0 Å². The molecule has 1 fully saturated rings. The zero-order valence-corrected chi connectivity index (χ0v) is 12.2. The largest absolute Gasteiger partial charge is 0.341 e. The highest BCUT2D eigenvalue weighted by atomic mass is 16.2. The van der Waals surface area contributed by atoms with Gasteiger partial charge in [-0.15, -0.1) is 0 Å². The van der Waals surface area contributed by atoms with Crippen LogP contribution in [0.15, 0.2) is 0 Å². The van der Waals surface area contributed by atoms with Crippen LogP contribution in [0.3, 0.4) is 0 Å². The lowest BCUT2D eigenvalue weighted by atomic mass is 10.1. The van der Waals surface area contributed by atoms with Gasteiger partial charge in [0.15, 0.2) is 0 Å². The number of amides is 1. The van der Waals surface area contributed by atoms with Crippen LogP contribution < -0.4 is 5.73 Å². The van der Waals surface area contributed by atoms with Crippen molar-refractivity contribution in [1.82, 2.24) is 9.80 Å². The van der Waals surface area contributed by atoms with Crippen molar-refractivity contribution in [2.24, 2.45) is 5.73 Å². The molecule has 0 radical (unpaired) electrons. The monoisotopic (exact) mass is 255 g/mol. The lowest BCUT2D eigenvalue weighted by Crippen LogP contribution is -2.51. The molecule has 1 aliphatic heterocycles. The van der Waals surface area contributed by atoms with Gasteiger partial charge in [0, 0.05) is 32.2 Å². The fraction of sp³-hybridized carbons (Fsp3) is 0.929. The lowest BCUT2D eigenvalue weighted by molar-refractivity contribution is -0.136. The van der Waals surface area contributed by atoms with Gasteiger partial charge in [0.1, 0.15) is 0 Å². The first-order chi connectivity index (χ1) is 8.65. The van der Waals surface area contributed by atoms with Crippen LogP contribution in [0.4, 0.5) is 0 Å². The van der Waals surface area contributed by atoms with E-state index in [2.05, 4.69) is 18.7 Å². The summed E-state index contributed by atoms with van der Waals surface area (Å²) in [6, 6.07) is 0.437. The van der Waals surface area contributed by atoms with E-state index < -0.39 is 0 Å². The normalized spacial score (nSPS) is 17.8. The van der Waals surface area contributed by atoms with E-state index in [0.717, 1.165) is 45.3 Å². The number of rotatable bonds is 7. The number of carbonyl (C=O) groups is 1. The molecule has 1 saturated heterocycles. The average Bonchev–Trinajstić information content (AvgIpc) is 2.91. The Balaban J connectivity index is 2.67. The number of nitrogens with zero attached hydrogens (tertiary/aromatic N) is 2. The summed E-state index contributed by atoms with van der Waals surface area (Å²) in [5, 5.41) is 0. The minimum absolute atomic E-state index is 0.0310. The van der Waals surface area contributed by atoms with Crippen LogP contribution >= 0.6 is 0 Å². The molecule has 1 heterocycles. The highest BCUT2D eigenvalue weighted by Gasteiger charge is 2.30. The second-order valence-corrected chi connectivity index (χ2v) is 5.21. The van der Waals surface area contributed by atoms with Crippen LogP contribution in [0.2, 0.25) is 0 Å². The number of likely N-dealkylation sites (tertiary alicyclic amines) is 1. The quantitative estimate of drug-likeness (QED) is 0.749. The number of carbonyl (C=O) groups excluding carboxylic acids is 1. The summed E-state index contributed by atoms with van der Waals surface area (Å²) in [5.41, 5.74) is 5.70. The first-order valence-electron chi connectivity index (χ1n) is 7.40. The summed E-state index contributed by atoms with van der Waals surface area (Å²) in [6.45, 7) is 9.70. The van der Waals surface area contributed by atoms with Crippen molar-refractivity contribution in [2.75, 3.05) is 26.2 Å². The predicted octanol–water partition coefficient (Wildman–Crippen LogP) is 1.45. The third kappa shape index (κ3) is 3.69. The van der Waals surface area contributed by atoms with E-state index in [1.807, 2.05) is 11.8 Å². The molecule has 106 valence electrons. The fourth-order valence-electron chi connectivity index (χ4n) is 2.94. The molecule has 1 unspecified atom stereocenters. The maximum atomic E-state index is 12.4. The first-order valence-corrected chi connectivity index (χ1v) is 7.40. The molecule has 2 N–H and O–H groups in total. The molecule has 1 rings (SSSR count). The molecule has 1 aliphatic rings. The van der Waals surface area contributed by atoms with Crippen molar-refractivity contribution in [3.8, 4) is 0 Å². The van der Waals surface area contributed by atoms with E-state index in [1.54, 1.807) is 0 Å². The number of hydrogen-bond acceptors (Lipinski definition) is 3. The van der Waals surface area contributed by atoms with Crippen LogP contribution in [-0.4, -0.2) is 54.0 Å². The third-order valence-corrected chi connectivity index (χ3v) is 4.07. The topological polar surface area (TPSA) is 49.6 Å². The van der Waals surface area contributed by atoms with Crippen molar-refractivity contribution < 1.29 is 4.79 Å². The van der Waals surface area contributed by atoms with Crippen LogP contribution in [0, 0.1) is 0 Å². The van der Waals surface area contributed by atoms with E-state index in [0.29, 0.717) is 12.6 Å². The van der Waals surface area contributed by atoms with Crippen molar-refractivity contribution in [3.63, 3.8) is 0 Å². The van der Waals surface area contributed by atoms with E-state index >= 15 is 0 Å². The van der Waals surface area contributed by atoms with Gasteiger partial charge in [0.25, 0.3) is 0 Å². The lowest BCUT2D eigenvalue weighted by Gasteiger charge is -2.36. The molecule has 0 aromatic rings. The van der Waals surface area contributed by atoms with E-state index in [9.17, 15) is 4.79 Å². The summed E-state index contributed by atoms with van der Waals surface area (Å²) in [4.78, 5) is 16.7. The fourth-order valence-corrected chi connectivity index (χ4v) is 2.94. The van der Waals surface area contributed by atoms with Crippen LogP contribution in [-0.2, 0) is 4.79 Å². The second-order valence-electron chi connectivity index (χ2n) is 5.21. The Bertz CT molecular complexity index is 247. The van der Waals surface area contributed by atoms with Gasteiger partial charge in [0.2, 0.25) is 5.91 Å². The standard InChI is InChI=1S/C14H29N3O/c1-4-13(5-2)17(11-8-15)12(3)14(18)16-9-6-7-10-16/h12-13H,4-11,15H2,1-3H3. The molecular formula is C14H29N3O. The summed E-state index contributed by atoms with van der Waals surface area (Å²) in [5.74, 6) is 0.285. The third-order valence-electron chi connectivity index (χ3n) is 4.07. The predicted molar refractivity (Wildman–Crippen MR) is 75.4 cm³/mol. The summed E-state index contributed by atoms with van der Waals surface area (Å²) in [7, 11) is 0. The molecular weight excluding hydrogens is 226 g/mol. The zero-order chi connectivity index (χ0) is 13.5. The van der Waals surface area contributed by atoms with Crippen LogP contribution in [0.25, 0.3) is 0 Å². The smallest absolute Gasteiger partial charge is 0.239 e. The molecule has 1 amide bonds. The molecule has 0 aromatic heterocycles. The molecule has 18 heavy (non-hydrogen) atoms. The van der Waals surface area contributed by atoms with Crippen molar-refractivity contribution >= 4 is 5.91 Å². The summed E-state index contributed by atoms with van der Waals surface area (Å²) >= 11 is 0. The van der Waals surface area contributed by atoms with E-state index in [4.69, 9.17) is 5.73 Å². The van der Waals surface area contributed by atoms with Crippen LogP contribution in [0.1, 0.15) is 46.5 Å². The molecule has 4 nitrogen and oxygen atoms in total. The van der Waals surface area contributed by atoms with Gasteiger partial charge in [-0.05, 0) is 32.6 Å². The zero-order valence-electron chi connectivity index (χ0n) is 12.2. The molecule has 0 spiro atoms. The van der Waals surface area contributed by atoms with Gasteiger partial charge in [0.05, 0.1) is 6.04 Å². The molecule has 0 aliphatic carbocycles. The van der Waals surface area contributed by atoms with E-state index in [1.165, 1.54) is 0 Å². The molecule has 0 aromatic carbocycles.